The lowest BCUT2D eigenvalue weighted by Crippen LogP contribution is -2.04. The smallest absolute Gasteiger partial charge is 0.166 e. The first-order valence-corrected chi connectivity index (χ1v) is 4.55. The lowest BCUT2D eigenvalue weighted by molar-refractivity contribution is -0.137. The van der Waals surface area contributed by atoms with Crippen LogP contribution < -0.4 is 0 Å². The molecule has 0 N–H and O–H groups in total. The summed E-state index contributed by atoms with van der Waals surface area (Å²) >= 11 is 0. The van der Waals surface area contributed by atoms with Gasteiger partial charge in [-0.05, 0) is 30.0 Å². The van der Waals surface area contributed by atoms with E-state index < -0.39 is 11.7 Å². The Bertz CT molecular complexity index is 282. The molecule has 1 aromatic carbocycles. The second kappa shape index (κ2) is 4.03. The minimum absolute atomic E-state index is 0.465. The zero-order chi connectivity index (χ0) is 10.8. The number of benzene rings is 1. The Balaban J connectivity index is 2.79. The molecule has 0 bridgehead atoms. The Morgan fingerprint density at radius 1 is 1.07 bits per heavy atom. The van der Waals surface area contributed by atoms with Crippen molar-refractivity contribution in [2.45, 2.75) is 26.4 Å². The molecular formula is C11H13F3. The number of hydrogen-bond acceptors (Lipinski definition) is 0. The van der Waals surface area contributed by atoms with Crippen molar-refractivity contribution in [3.8, 4) is 0 Å². The molecule has 0 aromatic heterocycles. The number of rotatable bonds is 2. The number of alkyl halides is 3. The van der Waals surface area contributed by atoms with Crippen LogP contribution in [0.3, 0.4) is 0 Å². The zero-order valence-corrected chi connectivity index (χ0v) is 8.23. The molecule has 0 amide bonds. The molecule has 0 aliphatic carbocycles. The SMILES string of the molecule is CC(C)Cc1ccc(C(F)(F)F)cc1. The molecule has 14 heavy (non-hydrogen) atoms. The summed E-state index contributed by atoms with van der Waals surface area (Å²) in [5.41, 5.74) is 0.373. The molecule has 0 saturated heterocycles. The summed E-state index contributed by atoms with van der Waals surface area (Å²) in [5, 5.41) is 0. The van der Waals surface area contributed by atoms with Crippen LogP contribution in [0.1, 0.15) is 25.0 Å². The van der Waals surface area contributed by atoms with Crippen molar-refractivity contribution in [1.29, 1.82) is 0 Å². The highest BCUT2D eigenvalue weighted by Gasteiger charge is 2.29. The Morgan fingerprint density at radius 3 is 1.93 bits per heavy atom. The van der Waals surface area contributed by atoms with E-state index in [9.17, 15) is 13.2 Å². The topological polar surface area (TPSA) is 0 Å². The van der Waals surface area contributed by atoms with Crippen LogP contribution in [0, 0.1) is 5.92 Å². The summed E-state index contributed by atoms with van der Waals surface area (Å²) < 4.78 is 36.5. The molecule has 0 aliphatic heterocycles. The lowest BCUT2D eigenvalue weighted by Gasteiger charge is -2.08. The second-order valence-electron chi connectivity index (χ2n) is 3.79. The van der Waals surface area contributed by atoms with E-state index >= 15 is 0 Å². The number of hydrogen-bond donors (Lipinski definition) is 0. The summed E-state index contributed by atoms with van der Waals surface area (Å²) in [6, 6.07) is 5.36. The van der Waals surface area contributed by atoms with Crippen LogP contribution in [0.5, 0.6) is 0 Å². The van der Waals surface area contributed by atoms with Crippen molar-refractivity contribution in [2.75, 3.05) is 0 Å². The van der Waals surface area contributed by atoms with Crippen LogP contribution in [0.4, 0.5) is 13.2 Å². The van der Waals surface area contributed by atoms with Gasteiger partial charge in [-0.2, -0.15) is 13.2 Å². The summed E-state index contributed by atoms with van der Waals surface area (Å²) in [7, 11) is 0. The molecule has 0 radical (unpaired) electrons. The molecule has 0 saturated carbocycles. The quantitative estimate of drug-likeness (QED) is 0.682. The molecule has 0 atom stereocenters. The van der Waals surface area contributed by atoms with Gasteiger partial charge in [0.2, 0.25) is 0 Å². The van der Waals surface area contributed by atoms with E-state index in [-0.39, 0.29) is 0 Å². The van der Waals surface area contributed by atoms with Crippen LogP contribution in [0.25, 0.3) is 0 Å². The summed E-state index contributed by atoms with van der Waals surface area (Å²) in [6.07, 6.45) is -3.41. The first-order chi connectivity index (χ1) is 6.39. The van der Waals surface area contributed by atoms with Crippen LogP contribution in [-0.4, -0.2) is 0 Å². The third kappa shape index (κ3) is 3.05. The third-order valence-corrected chi connectivity index (χ3v) is 1.93. The maximum absolute atomic E-state index is 12.2. The Morgan fingerprint density at radius 2 is 1.57 bits per heavy atom. The Labute approximate surface area is 81.8 Å². The molecule has 0 unspecified atom stereocenters. The van der Waals surface area contributed by atoms with Gasteiger partial charge in [0.1, 0.15) is 0 Å². The summed E-state index contributed by atoms with van der Waals surface area (Å²) in [5.74, 6) is 0.465. The van der Waals surface area contributed by atoms with Gasteiger partial charge in [-0.1, -0.05) is 26.0 Å². The molecule has 0 nitrogen and oxygen atoms in total. The van der Waals surface area contributed by atoms with Gasteiger partial charge < -0.3 is 0 Å². The summed E-state index contributed by atoms with van der Waals surface area (Å²) in [6.45, 7) is 4.08. The molecular weight excluding hydrogens is 189 g/mol. The van der Waals surface area contributed by atoms with Crippen molar-refractivity contribution < 1.29 is 13.2 Å². The van der Waals surface area contributed by atoms with Gasteiger partial charge in [-0.25, -0.2) is 0 Å². The fourth-order valence-electron chi connectivity index (χ4n) is 1.30. The van der Waals surface area contributed by atoms with Crippen molar-refractivity contribution in [1.82, 2.24) is 0 Å². The highest BCUT2D eigenvalue weighted by atomic mass is 19.4. The Hall–Kier alpha value is -0.990. The third-order valence-electron chi connectivity index (χ3n) is 1.93. The van der Waals surface area contributed by atoms with Gasteiger partial charge in [0, 0.05) is 0 Å². The molecule has 0 spiro atoms. The molecule has 0 aliphatic rings. The molecule has 78 valence electrons. The first kappa shape index (κ1) is 11.1. The van der Waals surface area contributed by atoms with Crippen molar-refractivity contribution in [3.05, 3.63) is 35.4 Å². The average Bonchev–Trinajstić information content (AvgIpc) is 2.02. The first-order valence-electron chi connectivity index (χ1n) is 4.55. The monoisotopic (exact) mass is 202 g/mol. The average molecular weight is 202 g/mol. The van der Waals surface area contributed by atoms with Crippen molar-refractivity contribution in [2.24, 2.45) is 5.92 Å². The highest BCUT2D eigenvalue weighted by Crippen LogP contribution is 2.29. The maximum Gasteiger partial charge on any atom is 0.416 e. The minimum Gasteiger partial charge on any atom is -0.166 e. The molecule has 1 aromatic rings. The van der Waals surface area contributed by atoms with E-state index in [0.29, 0.717) is 5.92 Å². The van der Waals surface area contributed by atoms with Crippen molar-refractivity contribution in [3.63, 3.8) is 0 Å². The molecule has 3 heteroatoms. The lowest BCUT2D eigenvalue weighted by atomic mass is 10.0. The van der Waals surface area contributed by atoms with Gasteiger partial charge in [-0.3, -0.25) is 0 Å². The van der Waals surface area contributed by atoms with Gasteiger partial charge >= 0.3 is 6.18 Å². The largest absolute Gasteiger partial charge is 0.416 e. The maximum atomic E-state index is 12.2. The fourth-order valence-corrected chi connectivity index (χ4v) is 1.30. The second-order valence-corrected chi connectivity index (χ2v) is 3.79. The molecule has 0 fully saturated rings. The zero-order valence-electron chi connectivity index (χ0n) is 8.23. The van der Waals surface area contributed by atoms with Gasteiger partial charge in [0.25, 0.3) is 0 Å². The fraction of sp³-hybridized carbons (Fsp3) is 0.455. The van der Waals surface area contributed by atoms with Gasteiger partial charge in [-0.15, -0.1) is 0 Å². The van der Waals surface area contributed by atoms with Crippen LogP contribution in [0.15, 0.2) is 24.3 Å². The Kier molecular flexibility index (Phi) is 3.19. The van der Waals surface area contributed by atoms with Crippen LogP contribution in [0.2, 0.25) is 0 Å². The summed E-state index contributed by atoms with van der Waals surface area (Å²) in [4.78, 5) is 0. The highest BCUT2D eigenvalue weighted by molar-refractivity contribution is 5.24. The minimum atomic E-state index is -4.23. The standard InChI is InChI=1S/C11H13F3/c1-8(2)7-9-3-5-10(6-4-9)11(12,13)14/h3-6,8H,7H2,1-2H3. The van der Waals surface area contributed by atoms with Crippen molar-refractivity contribution >= 4 is 0 Å². The van der Waals surface area contributed by atoms with Gasteiger partial charge in [0.15, 0.2) is 0 Å². The van der Waals surface area contributed by atoms with E-state index in [1.807, 2.05) is 13.8 Å². The van der Waals surface area contributed by atoms with Crippen LogP contribution >= 0.6 is 0 Å². The van der Waals surface area contributed by atoms with E-state index in [2.05, 4.69) is 0 Å². The normalized spacial score (nSPS) is 12.1. The van der Waals surface area contributed by atoms with Gasteiger partial charge in [0.05, 0.1) is 5.56 Å². The molecule has 0 heterocycles. The number of halogens is 3. The predicted octanol–water partition coefficient (Wildman–Crippen LogP) is 3.90. The van der Waals surface area contributed by atoms with E-state index in [1.54, 1.807) is 12.1 Å². The van der Waals surface area contributed by atoms with E-state index in [4.69, 9.17) is 0 Å². The van der Waals surface area contributed by atoms with Crippen LogP contribution in [-0.2, 0) is 12.6 Å². The van der Waals surface area contributed by atoms with E-state index in [0.717, 1.165) is 24.1 Å². The molecule has 1 rings (SSSR count). The predicted molar refractivity (Wildman–Crippen MR) is 50.0 cm³/mol. The van der Waals surface area contributed by atoms with E-state index in [1.165, 1.54) is 0 Å².